The quantitative estimate of drug-likeness (QED) is 0.664. The Balaban J connectivity index is 4.28. The molecule has 0 aromatic rings. The zero-order valence-electron chi connectivity index (χ0n) is 6.85. The third kappa shape index (κ3) is 4.43. The Morgan fingerprint density at radius 2 is 1.29 bits per heavy atom. The molecule has 2 N–H and O–H groups in total. The lowest BCUT2D eigenvalue weighted by molar-refractivity contribution is -0.0555. The molecule has 0 fully saturated rings. The maximum atomic E-state index is 12.1. The number of ether oxygens (including phenoxy) is 2. The molecule has 2 atom stereocenters. The smallest absolute Gasteiger partial charge is 0.450 e. The Labute approximate surface area is 77.0 Å². The number of alkyl halides is 2. The minimum Gasteiger partial charge on any atom is -0.450 e. The summed E-state index contributed by atoms with van der Waals surface area (Å²) < 4.78 is 31.9. The third-order valence-corrected chi connectivity index (χ3v) is 1.22. The van der Waals surface area contributed by atoms with Gasteiger partial charge in [0.15, 0.2) is 12.2 Å². The van der Waals surface area contributed by atoms with Gasteiger partial charge in [-0.15, -0.1) is 0 Å². The first-order valence-corrected chi connectivity index (χ1v) is 3.42. The fraction of sp³-hybridized carbons (Fsp3) is 0.667. The van der Waals surface area contributed by atoms with Crippen molar-refractivity contribution < 1.29 is 38.1 Å². The van der Waals surface area contributed by atoms with Crippen molar-refractivity contribution >= 4 is 12.3 Å². The first-order valence-electron chi connectivity index (χ1n) is 3.42. The Kier molecular flexibility index (Phi) is 5.27. The highest BCUT2D eigenvalue weighted by Gasteiger charge is 2.28. The van der Waals surface area contributed by atoms with Gasteiger partial charge in [-0.1, -0.05) is 0 Å². The summed E-state index contributed by atoms with van der Waals surface area (Å²) in [5.41, 5.74) is 0. The molecule has 0 radical (unpaired) electrons. The lowest BCUT2D eigenvalue weighted by atomic mass is 10.2. The van der Waals surface area contributed by atoms with E-state index in [0.717, 1.165) is 0 Å². The van der Waals surface area contributed by atoms with Gasteiger partial charge in [-0.05, 0) is 0 Å². The molecule has 0 aromatic carbocycles. The van der Waals surface area contributed by atoms with Crippen molar-refractivity contribution in [2.24, 2.45) is 0 Å². The summed E-state index contributed by atoms with van der Waals surface area (Å²) in [6, 6.07) is 0. The van der Waals surface area contributed by atoms with Crippen LogP contribution in [0.2, 0.25) is 0 Å². The molecule has 82 valence electrons. The van der Waals surface area contributed by atoms with Gasteiger partial charge in [0.25, 0.3) is 0 Å². The zero-order valence-corrected chi connectivity index (χ0v) is 6.85. The van der Waals surface area contributed by atoms with Gasteiger partial charge in [0.2, 0.25) is 0 Å². The molecule has 0 rings (SSSR count). The van der Waals surface area contributed by atoms with E-state index in [1.165, 1.54) is 0 Å². The number of hydrogen-bond donors (Lipinski definition) is 2. The second kappa shape index (κ2) is 5.95. The average molecular weight is 214 g/mol. The molecule has 0 amide bonds. The van der Waals surface area contributed by atoms with Crippen molar-refractivity contribution in [3.63, 3.8) is 0 Å². The minimum atomic E-state index is -1.83. The molecule has 0 aliphatic rings. The lowest BCUT2D eigenvalue weighted by Gasteiger charge is -2.19. The third-order valence-electron chi connectivity index (χ3n) is 1.22. The molecule has 0 aromatic heterocycles. The Morgan fingerprint density at radius 1 is 1.00 bits per heavy atom. The van der Waals surface area contributed by atoms with E-state index in [9.17, 15) is 18.4 Å². The Hall–Kier alpha value is -1.60. The molecule has 14 heavy (non-hydrogen) atoms. The van der Waals surface area contributed by atoms with Crippen LogP contribution in [-0.4, -0.2) is 48.1 Å². The van der Waals surface area contributed by atoms with Crippen LogP contribution in [0, 0.1) is 0 Å². The predicted molar refractivity (Wildman–Crippen MR) is 37.7 cm³/mol. The van der Waals surface area contributed by atoms with Crippen molar-refractivity contribution in [2.45, 2.75) is 12.2 Å². The van der Waals surface area contributed by atoms with Crippen molar-refractivity contribution in [2.75, 3.05) is 13.3 Å². The van der Waals surface area contributed by atoms with E-state index in [1.54, 1.807) is 0 Å². The monoisotopic (exact) mass is 214 g/mol. The molecule has 0 spiro atoms. The zero-order chi connectivity index (χ0) is 11.1. The largest absolute Gasteiger partial charge is 0.506 e. The highest BCUT2D eigenvalue weighted by Crippen LogP contribution is 2.07. The van der Waals surface area contributed by atoms with E-state index < -0.39 is 37.9 Å². The summed E-state index contributed by atoms with van der Waals surface area (Å²) in [6.45, 7) is -2.73. The van der Waals surface area contributed by atoms with E-state index in [2.05, 4.69) is 9.47 Å². The number of halogens is 2. The number of rotatable bonds is 5. The van der Waals surface area contributed by atoms with Crippen LogP contribution in [0.1, 0.15) is 0 Å². The topological polar surface area (TPSA) is 93.1 Å². The van der Waals surface area contributed by atoms with Crippen LogP contribution in [0.5, 0.6) is 0 Å². The molecule has 6 nitrogen and oxygen atoms in total. The van der Waals surface area contributed by atoms with Crippen LogP contribution in [0.3, 0.4) is 0 Å². The SMILES string of the molecule is O=C(O)OC(CF)C(CF)OC(=O)O. The Bertz CT molecular complexity index is 186. The summed E-state index contributed by atoms with van der Waals surface area (Å²) in [5, 5.41) is 16.2. The highest BCUT2D eigenvalue weighted by atomic mass is 19.1. The second-order valence-corrected chi connectivity index (χ2v) is 2.15. The first-order chi connectivity index (χ1) is 6.51. The molecule has 0 saturated carbocycles. The number of carboxylic acid groups (broad SMARTS) is 2. The van der Waals surface area contributed by atoms with Crippen LogP contribution >= 0.6 is 0 Å². The first kappa shape index (κ1) is 12.4. The molecule has 8 heteroatoms. The summed E-state index contributed by atoms with van der Waals surface area (Å²) in [5.74, 6) is 0. The summed E-state index contributed by atoms with van der Waals surface area (Å²) >= 11 is 0. The van der Waals surface area contributed by atoms with Crippen LogP contribution in [0.4, 0.5) is 18.4 Å². The van der Waals surface area contributed by atoms with Gasteiger partial charge in [-0.25, -0.2) is 18.4 Å². The van der Waals surface area contributed by atoms with E-state index >= 15 is 0 Å². The molecule has 0 aliphatic carbocycles. The van der Waals surface area contributed by atoms with Crippen molar-refractivity contribution in [3.8, 4) is 0 Å². The highest BCUT2D eigenvalue weighted by molar-refractivity contribution is 5.58. The van der Waals surface area contributed by atoms with Gasteiger partial charge >= 0.3 is 12.3 Å². The fourth-order valence-electron chi connectivity index (χ4n) is 0.672. The summed E-state index contributed by atoms with van der Waals surface area (Å²) in [7, 11) is 0. The molecular weight excluding hydrogens is 206 g/mol. The average Bonchev–Trinajstić information content (AvgIpc) is 2.10. The van der Waals surface area contributed by atoms with E-state index in [-0.39, 0.29) is 0 Å². The van der Waals surface area contributed by atoms with Gasteiger partial charge in [0.05, 0.1) is 0 Å². The van der Waals surface area contributed by atoms with Crippen molar-refractivity contribution in [3.05, 3.63) is 0 Å². The van der Waals surface area contributed by atoms with Crippen molar-refractivity contribution in [1.82, 2.24) is 0 Å². The van der Waals surface area contributed by atoms with Gasteiger partial charge in [-0.2, -0.15) is 0 Å². The standard InChI is InChI=1S/C6H8F2O6/c7-1-3(13-5(9)10)4(2-8)14-6(11)12/h3-4H,1-2H2,(H,9,10)(H,11,12). The summed E-state index contributed by atoms with van der Waals surface area (Å²) in [6.07, 6.45) is -7.23. The van der Waals surface area contributed by atoms with Crippen LogP contribution in [0.25, 0.3) is 0 Å². The van der Waals surface area contributed by atoms with E-state index in [4.69, 9.17) is 10.2 Å². The maximum Gasteiger partial charge on any atom is 0.506 e. The lowest BCUT2D eigenvalue weighted by Crippen LogP contribution is -2.37. The molecule has 0 bridgehead atoms. The molecule has 0 heterocycles. The molecule has 0 aliphatic heterocycles. The minimum absolute atomic E-state index is 1.37. The van der Waals surface area contributed by atoms with Crippen LogP contribution < -0.4 is 0 Å². The predicted octanol–water partition coefficient (Wildman–Crippen LogP) is 1.05. The van der Waals surface area contributed by atoms with Gasteiger partial charge < -0.3 is 19.7 Å². The van der Waals surface area contributed by atoms with Crippen LogP contribution in [-0.2, 0) is 9.47 Å². The van der Waals surface area contributed by atoms with Gasteiger partial charge in [0.1, 0.15) is 13.3 Å². The second-order valence-electron chi connectivity index (χ2n) is 2.15. The number of carbonyl (C=O) groups is 2. The molecule has 0 saturated heterocycles. The van der Waals surface area contributed by atoms with Gasteiger partial charge in [0, 0.05) is 0 Å². The molecular formula is C6H8F2O6. The van der Waals surface area contributed by atoms with E-state index in [0.29, 0.717) is 0 Å². The normalized spacial score (nSPS) is 14.1. The van der Waals surface area contributed by atoms with E-state index in [1.807, 2.05) is 0 Å². The Morgan fingerprint density at radius 3 is 1.43 bits per heavy atom. The maximum absolute atomic E-state index is 12.1. The number of hydrogen-bond acceptors (Lipinski definition) is 4. The van der Waals surface area contributed by atoms with Crippen LogP contribution in [0.15, 0.2) is 0 Å². The van der Waals surface area contributed by atoms with Crippen molar-refractivity contribution in [1.29, 1.82) is 0 Å². The molecule has 2 unspecified atom stereocenters. The fourth-order valence-corrected chi connectivity index (χ4v) is 0.672. The van der Waals surface area contributed by atoms with Gasteiger partial charge in [-0.3, -0.25) is 0 Å². The summed E-state index contributed by atoms with van der Waals surface area (Å²) in [4.78, 5) is 19.9.